The molecule has 0 fully saturated rings. The van der Waals surface area contributed by atoms with E-state index in [0.29, 0.717) is 12.8 Å². The van der Waals surface area contributed by atoms with Gasteiger partial charge in [0.2, 0.25) is 0 Å². The lowest BCUT2D eigenvalue weighted by Crippen LogP contribution is -2.32. The minimum absolute atomic E-state index is 0.129. The predicted molar refractivity (Wildman–Crippen MR) is 74.0 cm³/mol. The van der Waals surface area contributed by atoms with Crippen LogP contribution in [0, 0.1) is 0 Å². The fourth-order valence-corrected chi connectivity index (χ4v) is 1.57. The molecule has 100 valence electrons. The Balaban J connectivity index is 2.59. The number of hydrogen-bond donors (Lipinski definition) is 1. The van der Waals surface area contributed by atoms with E-state index in [4.69, 9.17) is 10.5 Å². The molecule has 0 heterocycles. The summed E-state index contributed by atoms with van der Waals surface area (Å²) in [6.45, 7) is 7.81. The quantitative estimate of drug-likeness (QED) is 0.788. The summed E-state index contributed by atoms with van der Waals surface area (Å²) >= 11 is 0. The molecule has 3 nitrogen and oxygen atoms in total. The Kier molecular flexibility index (Phi) is 4.91. The number of ketones is 1. The third kappa shape index (κ3) is 5.32. The van der Waals surface area contributed by atoms with Crippen molar-refractivity contribution in [1.29, 1.82) is 0 Å². The second-order valence-electron chi connectivity index (χ2n) is 5.60. The first-order valence-electron chi connectivity index (χ1n) is 6.37. The molecule has 1 rings (SSSR count). The van der Waals surface area contributed by atoms with E-state index < -0.39 is 0 Å². The fourth-order valence-electron chi connectivity index (χ4n) is 1.57. The minimum Gasteiger partial charge on any atom is -0.491 e. The van der Waals surface area contributed by atoms with Gasteiger partial charge in [-0.3, -0.25) is 4.79 Å². The van der Waals surface area contributed by atoms with Gasteiger partial charge >= 0.3 is 0 Å². The van der Waals surface area contributed by atoms with E-state index in [1.54, 1.807) is 0 Å². The highest BCUT2D eigenvalue weighted by atomic mass is 16.5. The van der Waals surface area contributed by atoms with Gasteiger partial charge in [0, 0.05) is 17.5 Å². The lowest BCUT2D eigenvalue weighted by molar-refractivity contribution is 0.0972. The second kappa shape index (κ2) is 6.01. The van der Waals surface area contributed by atoms with Gasteiger partial charge in [0.15, 0.2) is 5.78 Å². The maximum absolute atomic E-state index is 11.9. The Bertz CT molecular complexity index is 388. The van der Waals surface area contributed by atoms with Crippen LogP contribution in [0.4, 0.5) is 0 Å². The van der Waals surface area contributed by atoms with Crippen LogP contribution in [-0.4, -0.2) is 17.4 Å². The highest BCUT2D eigenvalue weighted by Crippen LogP contribution is 2.16. The number of carbonyl (C=O) groups excluding carboxylic acids is 1. The van der Waals surface area contributed by atoms with E-state index in [9.17, 15) is 4.79 Å². The first-order valence-corrected chi connectivity index (χ1v) is 6.37. The average Bonchev–Trinajstić information content (AvgIpc) is 2.25. The van der Waals surface area contributed by atoms with E-state index in [2.05, 4.69) is 0 Å². The number of carbonyl (C=O) groups is 1. The molecule has 1 aromatic rings. The van der Waals surface area contributed by atoms with Gasteiger partial charge in [0.25, 0.3) is 0 Å². The van der Waals surface area contributed by atoms with Crippen LogP contribution < -0.4 is 10.5 Å². The van der Waals surface area contributed by atoms with E-state index in [0.717, 1.165) is 11.3 Å². The van der Waals surface area contributed by atoms with Gasteiger partial charge < -0.3 is 10.5 Å². The first-order chi connectivity index (χ1) is 8.28. The molecule has 1 aromatic carbocycles. The van der Waals surface area contributed by atoms with Crippen LogP contribution >= 0.6 is 0 Å². The van der Waals surface area contributed by atoms with Crippen LogP contribution in [0.2, 0.25) is 0 Å². The van der Waals surface area contributed by atoms with Gasteiger partial charge in [0.1, 0.15) is 5.75 Å². The van der Waals surface area contributed by atoms with E-state index in [1.807, 2.05) is 52.0 Å². The summed E-state index contributed by atoms with van der Waals surface area (Å²) in [5.74, 6) is 0.922. The molecule has 0 aliphatic rings. The lowest BCUT2D eigenvalue weighted by Gasteiger charge is -2.17. The van der Waals surface area contributed by atoms with Crippen molar-refractivity contribution in [3.05, 3.63) is 29.8 Å². The number of Topliss-reactive ketones (excluding diaryl/α,β-unsaturated/α-hetero) is 1. The molecule has 18 heavy (non-hydrogen) atoms. The molecule has 0 aromatic heterocycles. The van der Waals surface area contributed by atoms with Gasteiger partial charge in [-0.2, -0.15) is 0 Å². The average molecular weight is 249 g/mol. The number of nitrogens with two attached hydrogens (primary N) is 1. The molecule has 0 amide bonds. The molecule has 0 unspecified atom stereocenters. The first kappa shape index (κ1) is 14.7. The van der Waals surface area contributed by atoms with Crippen LogP contribution in [0.5, 0.6) is 5.75 Å². The largest absolute Gasteiger partial charge is 0.491 e. The Hall–Kier alpha value is -1.35. The Labute approximate surface area is 109 Å². The van der Waals surface area contributed by atoms with Gasteiger partial charge in [0.05, 0.1) is 6.10 Å². The standard InChI is InChI=1S/C15H23NO2/c1-11(2)18-13-7-5-12(6-8-13)14(17)9-10-15(3,4)16/h5-8,11H,9-10,16H2,1-4H3. The Morgan fingerprint density at radius 2 is 1.83 bits per heavy atom. The minimum atomic E-state index is -0.295. The zero-order valence-corrected chi connectivity index (χ0v) is 11.7. The molecule has 0 bridgehead atoms. The zero-order chi connectivity index (χ0) is 13.8. The SMILES string of the molecule is CC(C)Oc1ccc(C(=O)CCC(C)(C)N)cc1. The normalized spacial score (nSPS) is 11.7. The smallest absolute Gasteiger partial charge is 0.162 e. The van der Waals surface area contributed by atoms with Crippen molar-refractivity contribution < 1.29 is 9.53 Å². The summed E-state index contributed by atoms with van der Waals surface area (Å²) in [6, 6.07) is 7.29. The van der Waals surface area contributed by atoms with Crippen molar-refractivity contribution in [2.24, 2.45) is 5.73 Å². The molecular weight excluding hydrogens is 226 g/mol. The van der Waals surface area contributed by atoms with E-state index in [-0.39, 0.29) is 17.4 Å². The molecule has 2 N–H and O–H groups in total. The fraction of sp³-hybridized carbons (Fsp3) is 0.533. The van der Waals surface area contributed by atoms with Crippen LogP contribution in [0.3, 0.4) is 0 Å². The summed E-state index contributed by atoms with van der Waals surface area (Å²) < 4.78 is 5.53. The highest BCUT2D eigenvalue weighted by molar-refractivity contribution is 5.96. The van der Waals surface area contributed by atoms with Crippen molar-refractivity contribution in [2.75, 3.05) is 0 Å². The molecule has 0 atom stereocenters. The van der Waals surface area contributed by atoms with Gasteiger partial charge in [-0.25, -0.2) is 0 Å². The van der Waals surface area contributed by atoms with Crippen molar-refractivity contribution >= 4 is 5.78 Å². The second-order valence-corrected chi connectivity index (χ2v) is 5.60. The number of rotatable bonds is 6. The summed E-state index contributed by atoms with van der Waals surface area (Å²) in [5.41, 5.74) is 6.29. The third-order valence-corrected chi connectivity index (χ3v) is 2.54. The van der Waals surface area contributed by atoms with Crippen LogP contribution in [0.15, 0.2) is 24.3 Å². The summed E-state index contributed by atoms with van der Waals surface area (Å²) in [6.07, 6.45) is 1.31. The summed E-state index contributed by atoms with van der Waals surface area (Å²) in [7, 11) is 0. The lowest BCUT2D eigenvalue weighted by atomic mass is 9.96. The summed E-state index contributed by atoms with van der Waals surface area (Å²) in [5, 5.41) is 0. The Morgan fingerprint density at radius 3 is 2.28 bits per heavy atom. The van der Waals surface area contributed by atoms with Crippen molar-refractivity contribution in [3.63, 3.8) is 0 Å². The molecule has 0 saturated carbocycles. The molecule has 0 aliphatic carbocycles. The van der Waals surface area contributed by atoms with Crippen LogP contribution in [0.1, 0.15) is 50.9 Å². The number of ether oxygens (including phenoxy) is 1. The molecule has 3 heteroatoms. The van der Waals surface area contributed by atoms with E-state index >= 15 is 0 Å². The van der Waals surface area contributed by atoms with Crippen LogP contribution in [0.25, 0.3) is 0 Å². The van der Waals surface area contributed by atoms with E-state index in [1.165, 1.54) is 0 Å². The van der Waals surface area contributed by atoms with Crippen molar-refractivity contribution in [3.8, 4) is 5.75 Å². The zero-order valence-electron chi connectivity index (χ0n) is 11.7. The molecule has 0 saturated heterocycles. The number of hydrogen-bond acceptors (Lipinski definition) is 3. The summed E-state index contributed by atoms with van der Waals surface area (Å²) in [4.78, 5) is 11.9. The van der Waals surface area contributed by atoms with Crippen LogP contribution in [-0.2, 0) is 0 Å². The van der Waals surface area contributed by atoms with Gasteiger partial charge in [-0.15, -0.1) is 0 Å². The third-order valence-electron chi connectivity index (χ3n) is 2.54. The highest BCUT2D eigenvalue weighted by Gasteiger charge is 2.14. The molecule has 0 aliphatic heterocycles. The van der Waals surface area contributed by atoms with Crippen molar-refractivity contribution in [2.45, 2.75) is 52.2 Å². The van der Waals surface area contributed by atoms with Crippen molar-refractivity contribution in [1.82, 2.24) is 0 Å². The topological polar surface area (TPSA) is 52.3 Å². The maximum Gasteiger partial charge on any atom is 0.162 e. The van der Waals surface area contributed by atoms with Gasteiger partial charge in [-0.1, -0.05) is 0 Å². The predicted octanol–water partition coefficient (Wildman–Crippen LogP) is 3.17. The monoisotopic (exact) mass is 249 g/mol. The molecular formula is C15H23NO2. The van der Waals surface area contributed by atoms with Gasteiger partial charge in [-0.05, 0) is 58.4 Å². The molecule has 0 spiro atoms. The maximum atomic E-state index is 11.9. The Morgan fingerprint density at radius 1 is 1.28 bits per heavy atom. The number of benzene rings is 1. The molecule has 0 radical (unpaired) electrons.